The largest absolute Gasteiger partial charge is 0.462 e. The normalized spacial score (nSPS) is 10.2. The van der Waals surface area contributed by atoms with Gasteiger partial charge in [-0.25, -0.2) is 9.18 Å². The highest BCUT2D eigenvalue weighted by molar-refractivity contribution is 5.89. The van der Waals surface area contributed by atoms with Crippen molar-refractivity contribution >= 4 is 5.97 Å². The first-order valence-corrected chi connectivity index (χ1v) is 5.21. The van der Waals surface area contributed by atoms with E-state index in [9.17, 15) is 9.18 Å². The third kappa shape index (κ3) is 3.62. The maximum absolute atomic E-state index is 13.2. The van der Waals surface area contributed by atoms with E-state index in [4.69, 9.17) is 9.47 Å². The second kappa shape index (κ2) is 6.23. The number of rotatable bonds is 5. The SMILES string of the molecule is CCOCc1cc(F)cc(C(=O)OCC)c1. The molecule has 3 nitrogen and oxygen atoms in total. The summed E-state index contributed by atoms with van der Waals surface area (Å²) in [5, 5.41) is 0. The first-order chi connectivity index (χ1) is 7.67. The monoisotopic (exact) mass is 226 g/mol. The molecule has 0 aliphatic heterocycles. The Kier molecular flexibility index (Phi) is 4.92. The first kappa shape index (κ1) is 12.6. The van der Waals surface area contributed by atoms with Gasteiger partial charge in [0.05, 0.1) is 18.8 Å². The fraction of sp³-hybridized carbons (Fsp3) is 0.417. The quantitative estimate of drug-likeness (QED) is 0.724. The first-order valence-electron chi connectivity index (χ1n) is 5.21. The van der Waals surface area contributed by atoms with E-state index in [2.05, 4.69) is 0 Å². The van der Waals surface area contributed by atoms with Crippen molar-refractivity contribution in [2.45, 2.75) is 20.5 Å². The van der Waals surface area contributed by atoms with E-state index in [-0.39, 0.29) is 12.2 Å². The molecule has 0 bridgehead atoms. The zero-order chi connectivity index (χ0) is 12.0. The summed E-state index contributed by atoms with van der Waals surface area (Å²) in [6, 6.07) is 4.09. The third-order valence-electron chi connectivity index (χ3n) is 1.94. The number of carbonyl (C=O) groups excluding carboxylic acids is 1. The molecule has 0 aliphatic carbocycles. The smallest absolute Gasteiger partial charge is 0.338 e. The zero-order valence-electron chi connectivity index (χ0n) is 9.46. The minimum absolute atomic E-state index is 0.219. The van der Waals surface area contributed by atoms with Crippen molar-refractivity contribution in [3.8, 4) is 0 Å². The second-order valence-corrected chi connectivity index (χ2v) is 3.21. The lowest BCUT2D eigenvalue weighted by atomic mass is 10.1. The van der Waals surface area contributed by atoms with Crippen LogP contribution in [0.2, 0.25) is 0 Å². The van der Waals surface area contributed by atoms with Gasteiger partial charge in [-0.15, -0.1) is 0 Å². The van der Waals surface area contributed by atoms with Gasteiger partial charge in [0.2, 0.25) is 0 Å². The summed E-state index contributed by atoms with van der Waals surface area (Å²) in [6.45, 7) is 4.67. The summed E-state index contributed by atoms with van der Waals surface area (Å²) in [4.78, 5) is 11.4. The number of ether oxygens (including phenoxy) is 2. The van der Waals surface area contributed by atoms with Crippen molar-refractivity contribution in [2.75, 3.05) is 13.2 Å². The maximum atomic E-state index is 13.2. The van der Waals surface area contributed by atoms with Crippen molar-refractivity contribution in [3.63, 3.8) is 0 Å². The van der Waals surface area contributed by atoms with Crippen LogP contribution in [-0.2, 0) is 16.1 Å². The number of hydrogen-bond donors (Lipinski definition) is 0. The van der Waals surface area contributed by atoms with Crippen molar-refractivity contribution in [1.82, 2.24) is 0 Å². The maximum Gasteiger partial charge on any atom is 0.338 e. The van der Waals surface area contributed by atoms with Gasteiger partial charge in [0.15, 0.2) is 0 Å². The predicted octanol–water partition coefficient (Wildman–Crippen LogP) is 2.54. The van der Waals surface area contributed by atoms with E-state index < -0.39 is 11.8 Å². The van der Waals surface area contributed by atoms with Crippen LogP contribution in [-0.4, -0.2) is 19.2 Å². The lowest BCUT2D eigenvalue weighted by Gasteiger charge is -2.06. The van der Waals surface area contributed by atoms with Crippen molar-refractivity contribution in [3.05, 3.63) is 35.1 Å². The summed E-state index contributed by atoms with van der Waals surface area (Å²) in [5.41, 5.74) is 0.849. The molecule has 0 aromatic heterocycles. The molecule has 4 heteroatoms. The zero-order valence-corrected chi connectivity index (χ0v) is 9.46. The molecule has 1 aromatic rings. The molecule has 0 radical (unpaired) electrons. The molecule has 0 saturated heterocycles. The van der Waals surface area contributed by atoms with E-state index in [1.165, 1.54) is 6.07 Å². The van der Waals surface area contributed by atoms with Crippen LogP contribution >= 0.6 is 0 Å². The molecule has 1 aromatic carbocycles. The minimum atomic E-state index is -0.514. The number of benzene rings is 1. The van der Waals surface area contributed by atoms with Crippen molar-refractivity contribution < 1.29 is 18.7 Å². The van der Waals surface area contributed by atoms with Gasteiger partial charge < -0.3 is 9.47 Å². The van der Waals surface area contributed by atoms with Crippen LogP contribution in [0, 0.1) is 5.82 Å². The molecule has 0 N–H and O–H groups in total. The molecule has 0 atom stereocenters. The van der Waals surface area contributed by atoms with E-state index >= 15 is 0 Å². The fourth-order valence-electron chi connectivity index (χ4n) is 1.29. The van der Waals surface area contributed by atoms with Crippen LogP contribution in [0.15, 0.2) is 18.2 Å². The molecule has 0 amide bonds. The van der Waals surface area contributed by atoms with Gasteiger partial charge in [-0.05, 0) is 37.6 Å². The Labute approximate surface area is 94.2 Å². The van der Waals surface area contributed by atoms with Crippen LogP contribution < -0.4 is 0 Å². The number of hydrogen-bond acceptors (Lipinski definition) is 3. The Hall–Kier alpha value is -1.42. The molecular weight excluding hydrogens is 211 g/mol. The highest BCUT2D eigenvalue weighted by Gasteiger charge is 2.09. The van der Waals surface area contributed by atoms with E-state index in [1.54, 1.807) is 13.0 Å². The standard InChI is InChI=1S/C12H15FO3/c1-3-15-8-9-5-10(7-11(13)6-9)12(14)16-4-2/h5-7H,3-4,8H2,1-2H3. The summed E-state index contributed by atoms with van der Waals surface area (Å²) in [7, 11) is 0. The Balaban J connectivity index is 2.84. The summed E-state index contributed by atoms with van der Waals surface area (Å²) >= 11 is 0. The lowest BCUT2D eigenvalue weighted by molar-refractivity contribution is 0.0525. The summed E-state index contributed by atoms with van der Waals surface area (Å²) in [5.74, 6) is -0.972. The Morgan fingerprint density at radius 2 is 2.00 bits per heavy atom. The van der Waals surface area contributed by atoms with Gasteiger partial charge >= 0.3 is 5.97 Å². The topological polar surface area (TPSA) is 35.5 Å². The van der Waals surface area contributed by atoms with Crippen LogP contribution in [0.1, 0.15) is 29.8 Å². The van der Waals surface area contributed by atoms with E-state index in [0.29, 0.717) is 18.8 Å². The summed E-state index contributed by atoms with van der Waals surface area (Å²) in [6.07, 6.45) is 0. The minimum Gasteiger partial charge on any atom is -0.462 e. The second-order valence-electron chi connectivity index (χ2n) is 3.21. The third-order valence-corrected chi connectivity index (χ3v) is 1.94. The Bertz CT molecular complexity index is 363. The molecule has 88 valence electrons. The van der Waals surface area contributed by atoms with Gasteiger partial charge in [0.25, 0.3) is 0 Å². The van der Waals surface area contributed by atoms with Gasteiger partial charge in [-0.2, -0.15) is 0 Å². The van der Waals surface area contributed by atoms with Crippen LogP contribution in [0.4, 0.5) is 4.39 Å². The van der Waals surface area contributed by atoms with Gasteiger partial charge in [0, 0.05) is 6.61 Å². The molecule has 0 heterocycles. The van der Waals surface area contributed by atoms with Crippen LogP contribution in [0.25, 0.3) is 0 Å². The molecule has 0 aliphatic rings. The molecule has 0 saturated carbocycles. The molecule has 1 rings (SSSR count). The molecular formula is C12H15FO3. The van der Waals surface area contributed by atoms with E-state index in [1.807, 2.05) is 6.92 Å². The Morgan fingerprint density at radius 1 is 1.25 bits per heavy atom. The van der Waals surface area contributed by atoms with Gasteiger partial charge in [-0.3, -0.25) is 0 Å². The molecule has 16 heavy (non-hydrogen) atoms. The molecule has 0 spiro atoms. The number of carbonyl (C=O) groups is 1. The van der Waals surface area contributed by atoms with Gasteiger partial charge in [0.1, 0.15) is 5.82 Å². The summed E-state index contributed by atoms with van der Waals surface area (Å²) < 4.78 is 23.1. The van der Waals surface area contributed by atoms with E-state index in [0.717, 1.165) is 6.07 Å². The Morgan fingerprint density at radius 3 is 2.62 bits per heavy atom. The fourth-order valence-corrected chi connectivity index (χ4v) is 1.29. The highest BCUT2D eigenvalue weighted by atomic mass is 19.1. The number of halogens is 1. The average Bonchev–Trinajstić information content (AvgIpc) is 2.26. The average molecular weight is 226 g/mol. The van der Waals surface area contributed by atoms with Gasteiger partial charge in [-0.1, -0.05) is 0 Å². The van der Waals surface area contributed by atoms with Crippen molar-refractivity contribution in [2.24, 2.45) is 0 Å². The van der Waals surface area contributed by atoms with Crippen LogP contribution in [0.5, 0.6) is 0 Å². The van der Waals surface area contributed by atoms with Crippen LogP contribution in [0.3, 0.4) is 0 Å². The highest BCUT2D eigenvalue weighted by Crippen LogP contribution is 2.11. The molecule has 0 fully saturated rings. The lowest BCUT2D eigenvalue weighted by Crippen LogP contribution is -2.06. The molecule has 0 unspecified atom stereocenters. The van der Waals surface area contributed by atoms with Crippen molar-refractivity contribution in [1.29, 1.82) is 0 Å². The number of esters is 1. The predicted molar refractivity (Wildman–Crippen MR) is 57.7 cm³/mol.